The second-order valence-electron chi connectivity index (χ2n) is 10.9. The third-order valence-corrected chi connectivity index (χ3v) is 8.91. The molecular weight excluding hydrogens is 581 g/mol. The molecule has 226 valence electrons. The predicted octanol–water partition coefficient (Wildman–Crippen LogP) is 4.85. The average Bonchev–Trinajstić information content (AvgIpc) is 3.47. The van der Waals surface area contributed by atoms with E-state index in [4.69, 9.17) is 37.5 Å². The van der Waals surface area contributed by atoms with E-state index in [2.05, 4.69) is 15.4 Å². The van der Waals surface area contributed by atoms with E-state index in [-0.39, 0.29) is 37.2 Å². The molecule has 0 aromatic heterocycles. The van der Waals surface area contributed by atoms with Gasteiger partial charge in [0.2, 0.25) is 6.79 Å². The second kappa shape index (κ2) is 13.8. The first-order valence-electron chi connectivity index (χ1n) is 14.3. The highest BCUT2D eigenvalue weighted by Gasteiger charge is 2.31. The molecule has 0 bridgehead atoms. The first-order chi connectivity index (χ1) is 20.3. The minimum Gasteiger partial charge on any atom is -0.454 e. The lowest BCUT2D eigenvalue weighted by molar-refractivity contribution is 0.0811. The van der Waals surface area contributed by atoms with Crippen molar-refractivity contribution in [2.24, 2.45) is 5.16 Å². The van der Waals surface area contributed by atoms with Gasteiger partial charge in [-0.15, -0.1) is 0 Å². The van der Waals surface area contributed by atoms with Crippen LogP contribution < -0.4 is 14.8 Å². The van der Waals surface area contributed by atoms with E-state index >= 15 is 0 Å². The number of hydrogen-bond acceptors (Lipinski definition) is 7. The number of likely N-dealkylation sites (tertiary alicyclic amines) is 1. The molecule has 42 heavy (non-hydrogen) atoms. The number of halogens is 2. The zero-order valence-corrected chi connectivity index (χ0v) is 25.5. The van der Waals surface area contributed by atoms with Crippen LogP contribution in [-0.4, -0.2) is 98.6 Å². The van der Waals surface area contributed by atoms with Gasteiger partial charge in [0, 0.05) is 50.7 Å². The highest BCUT2D eigenvalue weighted by Crippen LogP contribution is 2.33. The third-order valence-electron chi connectivity index (χ3n) is 8.17. The van der Waals surface area contributed by atoms with Gasteiger partial charge in [-0.25, -0.2) is 4.79 Å². The van der Waals surface area contributed by atoms with Crippen LogP contribution in [-0.2, 0) is 4.84 Å². The van der Waals surface area contributed by atoms with Gasteiger partial charge in [0.1, 0.15) is 7.11 Å². The number of carbonyl (C=O) groups is 2. The molecule has 1 N–H and O–H groups in total. The number of amides is 3. The van der Waals surface area contributed by atoms with Crippen molar-refractivity contribution in [3.8, 4) is 11.5 Å². The average molecular weight is 619 g/mol. The molecule has 3 amide bonds. The molecule has 1 unspecified atom stereocenters. The number of hydrogen-bond donors (Lipinski definition) is 1. The van der Waals surface area contributed by atoms with Crippen LogP contribution >= 0.6 is 23.2 Å². The number of carbonyl (C=O) groups excluding carboxylic acids is 2. The van der Waals surface area contributed by atoms with Crippen LogP contribution in [0, 0.1) is 0 Å². The van der Waals surface area contributed by atoms with Gasteiger partial charge in [-0.3, -0.25) is 4.79 Å². The molecule has 2 fully saturated rings. The maximum Gasteiger partial charge on any atom is 0.317 e. The van der Waals surface area contributed by atoms with Crippen molar-refractivity contribution in [2.75, 3.05) is 60.2 Å². The van der Waals surface area contributed by atoms with E-state index in [1.54, 1.807) is 36.2 Å². The SMILES string of the molecule is CO/N=C(\CN(C)C(=O)c1ccc2c(c1)OCO2)C(CCN1CCC(N2CCCNC2=O)CC1)c1ccc(Cl)c(Cl)c1. The smallest absolute Gasteiger partial charge is 0.317 e. The molecule has 2 aromatic carbocycles. The summed E-state index contributed by atoms with van der Waals surface area (Å²) in [6.45, 7) is 4.59. The van der Waals surface area contributed by atoms with Crippen LogP contribution in [0.2, 0.25) is 10.0 Å². The maximum atomic E-state index is 13.4. The second-order valence-corrected chi connectivity index (χ2v) is 11.7. The lowest BCUT2D eigenvalue weighted by Gasteiger charge is -2.40. The number of rotatable bonds is 10. The fraction of sp³-hybridized carbons (Fsp3) is 0.500. The fourth-order valence-corrected chi connectivity index (χ4v) is 6.21. The van der Waals surface area contributed by atoms with Crippen LogP contribution in [0.5, 0.6) is 11.5 Å². The summed E-state index contributed by atoms with van der Waals surface area (Å²) in [4.78, 5) is 37.0. The molecule has 3 aliphatic rings. The molecular formula is C30H37Cl2N5O5. The predicted molar refractivity (Wildman–Crippen MR) is 162 cm³/mol. The molecule has 3 aliphatic heterocycles. The Hall–Kier alpha value is -3.21. The zero-order chi connectivity index (χ0) is 29.6. The highest BCUT2D eigenvalue weighted by molar-refractivity contribution is 6.42. The van der Waals surface area contributed by atoms with E-state index in [1.807, 2.05) is 17.0 Å². The molecule has 0 aliphatic carbocycles. The number of urea groups is 1. The van der Waals surface area contributed by atoms with Gasteiger partial charge in [-0.05, 0) is 68.1 Å². The first-order valence-corrected chi connectivity index (χ1v) is 15.1. The standard InChI is InChI=1S/C30H37Cl2N5O5/c1-35(29(38)21-5-7-27-28(17-21)42-19-41-27)18-26(34-40-2)23(20-4-6-24(31)25(32)16-20)10-15-36-13-8-22(9-14-36)37-12-3-11-33-30(37)39/h4-7,16-17,22-23H,3,8-15,18-19H2,1-2H3,(H,33,39)/b34-26+. The molecule has 0 saturated carbocycles. The largest absolute Gasteiger partial charge is 0.454 e. The van der Waals surface area contributed by atoms with Crippen molar-refractivity contribution in [3.63, 3.8) is 0 Å². The number of piperidine rings is 1. The Morgan fingerprint density at radius 2 is 1.90 bits per heavy atom. The lowest BCUT2D eigenvalue weighted by atomic mass is 9.89. The number of oxime groups is 1. The van der Waals surface area contributed by atoms with Crippen molar-refractivity contribution >= 4 is 40.9 Å². The van der Waals surface area contributed by atoms with Crippen molar-refractivity contribution in [1.82, 2.24) is 20.0 Å². The molecule has 1 atom stereocenters. The van der Waals surface area contributed by atoms with E-state index in [9.17, 15) is 9.59 Å². The van der Waals surface area contributed by atoms with Crippen LogP contribution in [0.1, 0.15) is 47.5 Å². The normalized spacial score (nSPS) is 18.5. The van der Waals surface area contributed by atoms with E-state index in [1.165, 1.54) is 7.11 Å². The van der Waals surface area contributed by atoms with Crippen molar-refractivity contribution < 1.29 is 23.9 Å². The van der Waals surface area contributed by atoms with Crippen molar-refractivity contribution in [3.05, 3.63) is 57.6 Å². The van der Waals surface area contributed by atoms with Gasteiger partial charge in [-0.1, -0.05) is 34.4 Å². The van der Waals surface area contributed by atoms with E-state index < -0.39 is 0 Å². The summed E-state index contributed by atoms with van der Waals surface area (Å²) >= 11 is 12.7. The van der Waals surface area contributed by atoms with Gasteiger partial charge in [0.15, 0.2) is 11.5 Å². The Labute approximate surface area is 256 Å². The highest BCUT2D eigenvalue weighted by atomic mass is 35.5. The monoisotopic (exact) mass is 617 g/mol. The maximum absolute atomic E-state index is 13.4. The van der Waals surface area contributed by atoms with E-state index in [0.717, 1.165) is 64.0 Å². The summed E-state index contributed by atoms with van der Waals surface area (Å²) in [6.07, 6.45) is 3.61. The summed E-state index contributed by atoms with van der Waals surface area (Å²) in [7, 11) is 3.25. The summed E-state index contributed by atoms with van der Waals surface area (Å²) < 4.78 is 10.8. The Balaban J connectivity index is 1.28. The molecule has 10 nitrogen and oxygen atoms in total. The number of fused-ring (bicyclic) bond motifs is 1. The van der Waals surface area contributed by atoms with Crippen molar-refractivity contribution in [2.45, 2.75) is 37.6 Å². The fourth-order valence-electron chi connectivity index (χ4n) is 5.90. The van der Waals surface area contributed by atoms with Crippen LogP contribution in [0.3, 0.4) is 0 Å². The molecule has 12 heteroatoms. The number of benzene rings is 2. The molecule has 2 saturated heterocycles. The van der Waals surface area contributed by atoms with Gasteiger partial charge < -0.3 is 34.3 Å². The summed E-state index contributed by atoms with van der Waals surface area (Å²) in [5.74, 6) is 0.836. The van der Waals surface area contributed by atoms with Gasteiger partial charge in [0.05, 0.1) is 22.3 Å². The number of ether oxygens (including phenoxy) is 2. The third kappa shape index (κ3) is 7.04. The van der Waals surface area contributed by atoms with Gasteiger partial charge in [0.25, 0.3) is 5.91 Å². The molecule has 0 spiro atoms. The van der Waals surface area contributed by atoms with E-state index in [0.29, 0.717) is 32.8 Å². The Morgan fingerprint density at radius 1 is 1.12 bits per heavy atom. The lowest BCUT2D eigenvalue weighted by Crippen LogP contribution is -2.54. The Morgan fingerprint density at radius 3 is 2.64 bits per heavy atom. The number of nitrogens with zero attached hydrogens (tertiary/aromatic N) is 4. The topological polar surface area (TPSA) is 95.9 Å². The minimum absolute atomic E-state index is 0.0548. The van der Waals surface area contributed by atoms with Gasteiger partial charge in [-0.2, -0.15) is 0 Å². The zero-order valence-electron chi connectivity index (χ0n) is 24.0. The molecule has 2 aromatic rings. The molecule has 5 rings (SSSR count). The molecule has 3 heterocycles. The Kier molecular flexibility index (Phi) is 9.97. The summed E-state index contributed by atoms with van der Waals surface area (Å²) in [5, 5.41) is 8.30. The van der Waals surface area contributed by atoms with Crippen LogP contribution in [0.15, 0.2) is 41.6 Å². The first kappa shape index (κ1) is 30.3. The summed E-state index contributed by atoms with van der Waals surface area (Å²) in [6, 6.07) is 11.1. The molecule has 0 radical (unpaired) electrons. The quantitative estimate of drug-likeness (QED) is 0.302. The van der Waals surface area contributed by atoms with Gasteiger partial charge >= 0.3 is 6.03 Å². The summed E-state index contributed by atoms with van der Waals surface area (Å²) in [5.41, 5.74) is 2.14. The number of nitrogens with one attached hydrogen (secondary N) is 1. The van der Waals surface area contributed by atoms with Crippen molar-refractivity contribution in [1.29, 1.82) is 0 Å². The Bertz CT molecular complexity index is 1320. The van der Waals surface area contributed by atoms with Crippen LogP contribution in [0.25, 0.3) is 0 Å². The minimum atomic E-state index is -0.172. The van der Waals surface area contributed by atoms with Crippen LogP contribution in [0.4, 0.5) is 4.79 Å².